The van der Waals surface area contributed by atoms with Crippen molar-refractivity contribution < 1.29 is 0 Å². The highest BCUT2D eigenvalue weighted by atomic mass is 32.1. The fourth-order valence-electron chi connectivity index (χ4n) is 7.37. The average Bonchev–Trinajstić information content (AvgIpc) is 3.87. The molecule has 262 valence electrons. The van der Waals surface area contributed by atoms with E-state index in [0.717, 1.165) is 0 Å². The summed E-state index contributed by atoms with van der Waals surface area (Å²) in [7, 11) is 0. The second kappa shape index (κ2) is 20.4. The molecule has 5 rings (SSSR count). The molecule has 0 saturated heterocycles. The molecule has 4 heteroatoms. The molecule has 5 aromatic rings. The molecule has 0 amide bonds. The van der Waals surface area contributed by atoms with Crippen LogP contribution in [-0.4, -0.2) is 0 Å². The third-order valence-electron chi connectivity index (χ3n) is 10.2. The van der Waals surface area contributed by atoms with Crippen LogP contribution >= 0.6 is 45.3 Å². The summed E-state index contributed by atoms with van der Waals surface area (Å²) in [6, 6.07) is 14.6. The van der Waals surface area contributed by atoms with Crippen molar-refractivity contribution in [2.45, 2.75) is 169 Å². The quantitative estimate of drug-likeness (QED) is 0.0557. The number of unbranched alkanes of at least 4 members (excludes halogenated alkanes) is 18. The lowest BCUT2D eigenvalue weighted by Gasteiger charge is -2.06. The van der Waals surface area contributed by atoms with Crippen molar-refractivity contribution in [1.29, 1.82) is 0 Å². The van der Waals surface area contributed by atoms with Crippen molar-refractivity contribution >= 4 is 65.5 Å². The number of benzene rings is 1. The summed E-state index contributed by atoms with van der Waals surface area (Å²) in [5.74, 6) is 0. The lowest BCUT2D eigenvalue weighted by atomic mass is 9.98. The van der Waals surface area contributed by atoms with Gasteiger partial charge in [-0.1, -0.05) is 129 Å². The van der Waals surface area contributed by atoms with E-state index in [0.29, 0.717) is 0 Å². The van der Waals surface area contributed by atoms with Gasteiger partial charge in [0, 0.05) is 38.7 Å². The zero-order chi connectivity index (χ0) is 33.6. The van der Waals surface area contributed by atoms with Gasteiger partial charge in [0.05, 0.1) is 0 Å². The second-order valence-electron chi connectivity index (χ2n) is 14.3. The van der Waals surface area contributed by atoms with Crippen molar-refractivity contribution in [3.8, 4) is 19.5 Å². The summed E-state index contributed by atoms with van der Waals surface area (Å²) in [5.41, 5.74) is 3.24. The summed E-state index contributed by atoms with van der Waals surface area (Å²) in [5, 5.41) is 3.07. The molecule has 1 aromatic carbocycles. The zero-order valence-corrected chi connectivity index (χ0v) is 33.9. The fourth-order valence-corrected chi connectivity index (χ4v) is 11.9. The van der Waals surface area contributed by atoms with E-state index >= 15 is 0 Å². The number of fused-ring (bicyclic) bond motifs is 2. The van der Waals surface area contributed by atoms with Gasteiger partial charge < -0.3 is 0 Å². The van der Waals surface area contributed by atoms with Gasteiger partial charge in [0.15, 0.2) is 0 Å². The first-order chi connectivity index (χ1) is 23.6. The maximum absolute atomic E-state index is 2.60. The molecular weight excluding hydrogens is 657 g/mol. The molecule has 0 aliphatic carbocycles. The van der Waals surface area contributed by atoms with Gasteiger partial charge in [-0.25, -0.2) is 0 Å². The zero-order valence-electron chi connectivity index (χ0n) is 30.7. The van der Waals surface area contributed by atoms with Crippen LogP contribution in [0.4, 0.5) is 0 Å². The Labute approximate surface area is 309 Å². The highest BCUT2D eigenvalue weighted by Crippen LogP contribution is 2.48. The third kappa shape index (κ3) is 10.8. The lowest BCUT2D eigenvalue weighted by molar-refractivity contribution is 0.556. The fraction of sp³-hybridized carbons (Fsp3) is 0.591. The molecule has 0 nitrogen and oxygen atoms in total. The Morgan fingerprint density at radius 3 is 1.04 bits per heavy atom. The molecule has 0 saturated carbocycles. The van der Waals surface area contributed by atoms with Gasteiger partial charge in [-0.05, 0) is 97.8 Å². The normalized spacial score (nSPS) is 11.9. The highest BCUT2D eigenvalue weighted by Gasteiger charge is 2.20. The summed E-state index contributed by atoms with van der Waals surface area (Å²) in [4.78, 5) is 8.87. The molecule has 0 N–H and O–H groups in total. The molecule has 0 aliphatic heterocycles. The average molecular weight is 719 g/mol. The maximum atomic E-state index is 2.60. The monoisotopic (exact) mass is 718 g/mol. The molecule has 0 radical (unpaired) electrons. The summed E-state index contributed by atoms with van der Waals surface area (Å²) in [6.45, 7) is 9.14. The molecule has 4 heterocycles. The first-order valence-corrected chi connectivity index (χ1v) is 23.0. The molecule has 0 bridgehead atoms. The molecule has 0 fully saturated rings. The van der Waals surface area contributed by atoms with Crippen LogP contribution in [0.3, 0.4) is 0 Å². The molecule has 0 spiro atoms. The number of thiophene rings is 4. The summed E-state index contributed by atoms with van der Waals surface area (Å²) >= 11 is 8.09. The number of aryl methyl sites for hydroxylation is 4. The van der Waals surface area contributed by atoms with Crippen LogP contribution in [0.5, 0.6) is 0 Å². The largest absolute Gasteiger partial charge is 0.140 e. The minimum absolute atomic E-state index is 1.21. The highest BCUT2D eigenvalue weighted by molar-refractivity contribution is 7.27. The second-order valence-corrected chi connectivity index (χ2v) is 19.0. The van der Waals surface area contributed by atoms with Gasteiger partial charge in [0.2, 0.25) is 0 Å². The minimum atomic E-state index is 1.21. The molecule has 4 aromatic heterocycles. The third-order valence-corrected chi connectivity index (χ3v) is 14.9. The van der Waals surface area contributed by atoms with Crippen LogP contribution in [0.2, 0.25) is 0 Å². The van der Waals surface area contributed by atoms with Crippen molar-refractivity contribution in [3.05, 3.63) is 57.3 Å². The van der Waals surface area contributed by atoms with E-state index in [-0.39, 0.29) is 0 Å². The Hall–Kier alpha value is -1.46. The molecule has 48 heavy (non-hydrogen) atoms. The summed E-state index contributed by atoms with van der Waals surface area (Å²) in [6.07, 6.45) is 30.3. The van der Waals surface area contributed by atoms with Gasteiger partial charge in [-0.15, -0.1) is 45.3 Å². The van der Waals surface area contributed by atoms with Crippen molar-refractivity contribution in [1.82, 2.24) is 0 Å². The molecule has 0 aliphatic rings. The smallest absolute Gasteiger partial charge is 0.0487 e. The SMILES string of the molecule is CCCCCCCCCCCCc1c(-c2ccc(C)s2)sc2cc3c(CCCCCCCCCCCC)c(-c4ccc(C)s4)sc3cc12. The predicted molar refractivity (Wildman–Crippen MR) is 224 cm³/mol. The first kappa shape index (κ1) is 37.8. The molecular formula is C44H62S4. The molecule has 0 unspecified atom stereocenters. The van der Waals surface area contributed by atoms with Crippen LogP contribution in [0.15, 0.2) is 36.4 Å². The van der Waals surface area contributed by atoms with Crippen molar-refractivity contribution in [2.24, 2.45) is 0 Å². The predicted octanol–water partition coefficient (Wildman–Crippen LogP) is 17.1. The Morgan fingerprint density at radius 1 is 0.396 bits per heavy atom. The van der Waals surface area contributed by atoms with E-state index in [1.54, 1.807) is 20.9 Å². The van der Waals surface area contributed by atoms with Gasteiger partial charge in [-0.3, -0.25) is 0 Å². The van der Waals surface area contributed by atoms with Gasteiger partial charge in [0.1, 0.15) is 0 Å². The van der Waals surface area contributed by atoms with Crippen LogP contribution in [0.1, 0.15) is 163 Å². The Balaban J connectivity index is 1.31. The Kier molecular flexibility index (Phi) is 16.1. The Bertz CT molecular complexity index is 1520. The maximum Gasteiger partial charge on any atom is 0.0487 e. The van der Waals surface area contributed by atoms with Gasteiger partial charge >= 0.3 is 0 Å². The van der Waals surface area contributed by atoms with Crippen LogP contribution in [0, 0.1) is 13.8 Å². The van der Waals surface area contributed by atoms with Crippen LogP contribution in [-0.2, 0) is 12.8 Å². The van der Waals surface area contributed by atoms with E-state index in [4.69, 9.17) is 0 Å². The Morgan fingerprint density at radius 2 is 0.729 bits per heavy atom. The standard InChI is InChI=1S/C44H62S4/c1-5-7-9-11-13-15-17-19-21-23-25-35-37-31-42-38(32-41(37)47-43(35)39-29-27-33(3)45-39)36(44(48-42)40-30-28-34(4)46-40)26-24-22-20-18-16-14-12-10-8-6-2/h27-32H,5-26H2,1-4H3. The number of hydrogen-bond acceptors (Lipinski definition) is 4. The van der Waals surface area contributed by atoms with E-state index in [9.17, 15) is 0 Å². The van der Waals surface area contributed by atoms with Crippen molar-refractivity contribution in [2.75, 3.05) is 0 Å². The van der Waals surface area contributed by atoms with Crippen molar-refractivity contribution in [3.63, 3.8) is 0 Å². The summed E-state index contributed by atoms with van der Waals surface area (Å²) < 4.78 is 3.00. The minimum Gasteiger partial charge on any atom is -0.140 e. The lowest BCUT2D eigenvalue weighted by Crippen LogP contribution is -1.89. The number of hydrogen-bond donors (Lipinski definition) is 0. The van der Waals surface area contributed by atoms with E-state index in [1.165, 1.54) is 181 Å². The van der Waals surface area contributed by atoms with E-state index < -0.39 is 0 Å². The number of rotatable bonds is 24. The van der Waals surface area contributed by atoms with E-state index in [2.05, 4.69) is 86.8 Å². The van der Waals surface area contributed by atoms with Crippen LogP contribution < -0.4 is 0 Å². The molecule has 0 atom stereocenters. The first-order valence-electron chi connectivity index (χ1n) is 19.7. The van der Waals surface area contributed by atoms with Crippen LogP contribution in [0.25, 0.3) is 39.7 Å². The topological polar surface area (TPSA) is 0 Å². The van der Waals surface area contributed by atoms with Gasteiger partial charge in [0.25, 0.3) is 0 Å². The van der Waals surface area contributed by atoms with E-state index in [1.807, 2.05) is 22.7 Å². The van der Waals surface area contributed by atoms with Gasteiger partial charge in [-0.2, -0.15) is 0 Å².